The zero-order valence-corrected chi connectivity index (χ0v) is 19.4. The topological polar surface area (TPSA) is 94.2 Å². The van der Waals surface area contributed by atoms with Gasteiger partial charge in [0, 0.05) is 5.69 Å². The van der Waals surface area contributed by atoms with Crippen LogP contribution in [0.5, 0.6) is 17.2 Å². The Hall–Kier alpha value is -3.43. The highest BCUT2D eigenvalue weighted by Gasteiger charge is 2.37. The lowest BCUT2D eigenvalue weighted by molar-refractivity contribution is -0.122. The van der Waals surface area contributed by atoms with Gasteiger partial charge in [0.2, 0.25) is 0 Å². The summed E-state index contributed by atoms with van der Waals surface area (Å²) in [5.41, 5.74) is 0.780. The second-order valence-corrected chi connectivity index (χ2v) is 9.39. The first-order valence-corrected chi connectivity index (χ1v) is 11.7. The number of amides is 1. The Bertz CT molecular complexity index is 1280. The summed E-state index contributed by atoms with van der Waals surface area (Å²) < 4.78 is 44.2. The summed E-state index contributed by atoms with van der Waals surface area (Å²) in [6.07, 6.45) is -1.09. The predicted molar refractivity (Wildman–Crippen MR) is 125 cm³/mol. The van der Waals surface area contributed by atoms with Crippen LogP contribution in [-0.2, 0) is 14.8 Å². The van der Waals surface area contributed by atoms with Crippen LogP contribution in [0.3, 0.4) is 0 Å². The lowest BCUT2D eigenvalue weighted by Crippen LogP contribution is -2.48. The van der Waals surface area contributed by atoms with Gasteiger partial charge in [-0.3, -0.25) is 9.10 Å². The molecule has 0 saturated heterocycles. The molecule has 8 nitrogen and oxygen atoms in total. The van der Waals surface area contributed by atoms with Crippen molar-refractivity contribution in [3.05, 3.63) is 71.8 Å². The van der Waals surface area contributed by atoms with Crippen molar-refractivity contribution >= 4 is 38.9 Å². The molecule has 0 saturated carbocycles. The van der Waals surface area contributed by atoms with Crippen molar-refractivity contribution in [1.82, 2.24) is 0 Å². The van der Waals surface area contributed by atoms with E-state index < -0.39 is 22.0 Å². The average Bonchev–Trinajstić information content (AvgIpc) is 2.83. The smallest absolute Gasteiger partial charge is 0.267 e. The third-order valence-electron chi connectivity index (χ3n) is 5.09. The highest BCUT2D eigenvalue weighted by molar-refractivity contribution is 7.92. The highest BCUT2D eigenvalue weighted by Crippen LogP contribution is 2.37. The Kier molecular flexibility index (Phi) is 6.35. The summed E-state index contributed by atoms with van der Waals surface area (Å²) in [7, 11) is -0.984. The van der Waals surface area contributed by atoms with Crippen LogP contribution in [0.25, 0.3) is 0 Å². The second kappa shape index (κ2) is 9.21. The largest absolute Gasteiger partial charge is 0.497 e. The van der Waals surface area contributed by atoms with Gasteiger partial charge in [0.15, 0.2) is 6.10 Å². The van der Waals surface area contributed by atoms with Crippen molar-refractivity contribution in [1.29, 1.82) is 0 Å². The van der Waals surface area contributed by atoms with E-state index in [1.807, 2.05) is 0 Å². The lowest BCUT2D eigenvalue weighted by atomic mass is 10.2. The summed E-state index contributed by atoms with van der Waals surface area (Å²) in [5, 5.41) is 3.05. The van der Waals surface area contributed by atoms with E-state index >= 15 is 0 Å². The number of halogens is 1. The van der Waals surface area contributed by atoms with Crippen molar-refractivity contribution in [2.24, 2.45) is 0 Å². The summed E-state index contributed by atoms with van der Waals surface area (Å²) in [6.45, 7) is -0.207. The molecule has 0 aliphatic carbocycles. The molecule has 1 heterocycles. The number of fused-ring (bicyclic) bond motifs is 1. The third kappa shape index (κ3) is 4.55. The summed E-state index contributed by atoms with van der Waals surface area (Å²) in [5.74, 6) is 0.774. The molecule has 1 unspecified atom stereocenters. The number of hydrogen-bond donors (Lipinski definition) is 1. The Balaban J connectivity index is 1.63. The summed E-state index contributed by atoms with van der Waals surface area (Å²) >= 11 is 6.13. The monoisotopic (exact) mass is 488 g/mol. The molecular weight excluding hydrogens is 468 g/mol. The van der Waals surface area contributed by atoms with Gasteiger partial charge in [0.25, 0.3) is 15.9 Å². The quantitative estimate of drug-likeness (QED) is 0.564. The van der Waals surface area contributed by atoms with Crippen LogP contribution in [0.4, 0.5) is 11.4 Å². The van der Waals surface area contributed by atoms with Gasteiger partial charge in [-0.2, -0.15) is 0 Å². The summed E-state index contributed by atoms with van der Waals surface area (Å²) in [4.78, 5) is 13.1. The normalized spacial score (nSPS) is 15.2. The number of sulfonamides is 1. The molecule has 1 aliphatic rings. The molecule has 1 atom stereocenters. The van der Waals surface area contributed by atoms with Crippen molar-refractivity contribution < 1.29 is 27.4 Å². The SMILES string of the molecule is COc1ccc(S(=O)(=O)N2CC(C(=O)Nc3ccc(OC)c(Cl)c3)Oc3ccccc32)cc1. The number of nitrogens with zero attached hydrogens (tertiary/aromatic N) is 1. The fraction of sp³-hybridized carbons (Fsp3) is 0.174. The van der Waals surface area contributed by atoms with Gasteiger partial charge in [-0.25, -0.2) is 8.42 Å². The predicted octanol–water partition coefficient (Wildman–Crippen LogP) is 3.95. The molecule has 33 heavy (non-hydrogen) atoms. The van der Waals surface area contributed by atoms with Crippen LogP contribution in [-0.4, -0.2) is 41.2 Å². The molecule has 0 bridgehead atoms. The molecule has 4 rings (SSSR count). The average molecular weight is 489 g/mol. The van der Waals surface area contributed by atoms with Crippen LogP contribution in [0.15, 0.2) is 71.6 Å². The molecule has 0 spiro atoms. The first kappa shape index (κ1) is 22.8. The number of anilines is 2. The van der Waals surface area contributed by atoms with Crippen molar-refractivity contribution in [3.63, 3.8) is 0 Å². The van der Waals surface area contributed by atoms with Gasteiger partial charge < -0.3 is 19.5 Å². The van der Waals surface area contributed by atoms with Crippen molar-refractivity contribution in [2.75, 3.05) is 30.4 Å². The number of nitrogens with one attached hydrogen (secondary N) is 1. The molecule has 0 radical (unpaired) electrons. The van der Waals surface area contributed by atoms with Crippen LogP contribution in [0, 0.1) is 0 Å². The number of rotatable bonds is 6. The molecule has 172 valence electrons. The van der Waals surface area contributed by atoms with E-state index in [2.05, 4.69) is 5.32 Å². The van der Waals surface area contributed by atoms with E-state index in [1.54, 1.807) is 54.6 Å². The fourth-order valence-electron chi connectivity index (χ4n) is 3.41. The van der Waals surface area contributed by atoms with Crippen LogP contribution < -0.4 is 23.8 Å². The number of para-hydroxylation sites is 2. The molecule has 1 N–H and O–H groups in total. The lowest BCUT2D eigenvalue weighted by Gasteiger charge is -2.34. The minimum Gasteiger partial charge on any atom is -0.497 e. The van der Waals surface area contributed by atoms with E-state index in [9.17, 15) is 13.2 Å². The molecule has 1 amide bonds. The molecule has 3 aromatic rings. The van der Waals surface area contributed by atoms with Gasteiger partial charge in [-0.05, 0) is 54.6 Å². The van der Waals surface area contributed by atoms with Gasteiger partial charge in [-0.1, -0.05) is 23.7 Å². The zero-order chi connectivity index (χ0) is 23.6. The van der Waals surface area contributed by atoms with Gasteiger partial charge in [-0.15, -0.1) is 0 Å². The van der Waals surface area contributed by atoms with Crippen molar-refractivity contribution in [2.45, 2.75) is 11.0 Å². The number of carbonyl (C=O) groups excluding carboxylic acids is 1. The van der Waals surface area contributed by atoms with E-state index in [1.165, 1.54) is 30.7 Å². The van der Waals surface area contributed by atoms with Crippen LogP contribution >= 0.6 is 11.6 Å². The number of ether oxygens (including phenoxy) is 3. The van der Waals surface area contributed by atoms with Crippen LogP contribution in [0.1, 0.15) is 0 Å². The zero-order valence-electron chi connectivity index (χ0n) is 17.8. The Morgan fingerprint density at radius 1 is 1.06 bits per heavy atom. The Labute approximate surface area is 196 Å². The Morgan fingerprint density at radius 2 is 1.79 bits per heavy atom. The van der Waals surface area contributed by atoms with E-state index in [0.717, 1.165) is 0 Å². The minimum atomic E-state index is -3.98. The van der Waals surface area contributed by atoms with Crippen LogP contribution in [0.2, 0.25) is 5.02 Å². The van der Waals surface area contributed by atoms with Gasteiger partial charge in [0.05, 0.1) is 36.4 Å². The van der Waals surface area contributed by atoms with E-state index in [-0.39, 0.29) is 17.2 Å². The highest BCUT2D eigenvalue weighted by atomic mass is 35.5. The standard InChI is InChI=1S/C23H21ClN2O6S/c1-30-16-8-10-17(11-9-16)33(28,29)26-14-22(32-21-6-4-3-5-19(21)26)23(27)25-15-7-12-20(31-2)18(24)13-15/h3-13,22H,14H2,1-2H3,(H,25,27). The van der Waals surface area contributed by atoms with E-state index in [4.69, 9.17) is 25.8 Å². The maximum Gasteiger partial charge on any atom is 0.267 e. The fourth-order valence-corrected chi connectivity index (χ4v) is 5.14. The van der Waals surface area contributed by atoms with Gasteiger partial charge >= 0.3 is 0 Å². The molecule has 0 fully saturated rings. The summed E-state index contributed by atoms with van der Waals surface area (Å²) in [6, 6.07) is 17.5. The number of hydrogen-bond acceptors (Lipinski definition) is 6. The molecule has 3 aromatic carbocycles. The first-order chi connectivity index (χ1) is 15.8. The number of benzene rings is 3. The van der Waals surface area contributed by atoms with Crippen molar-refractivity contribution in [3.8, 4) is 17.2 Å². The molecule has 1 aliphatic heterocycles. The van der Waals surface area contributed by atoms with E-state index in [0.29, 0.717) is 27.9 Å². The molecule has 10 heteroatoms. The molecule has 0 aromatic heterocycles. The third-order valence-corrected chi connectivity index (χ3v) is 7.18. The Morgan fingerprint density at radius 3 is 2.45 bits per heavy atom. The molecular formula is C23H21ClN2O6S. The van der Waals surface area contributed by atoms with Gasteiger partial charge in [0.1, 0.15) is 17.2 Å². The maximum absolute atomic E-state index is 13.5. The maximum atomic E-state index is 13.5. The minimum absolute atomic E-state index is 0.0705. The second-order valence-electron chi connectivity index (χ2n) is 7.12. The number of methoxy groups -OCH3 is 2. The number of carbonyl (C=O) groups is 1. The first-order valence-electron chi connectivity index (χ1n) is 9.90.